The summed E-state index contributed by atoms with van der Waals surface area (Å²) in [6.45, 7) is 5.39. The summed E-state index contributed by atoms with van der Waals surface area (Å²) in [6.07, 6.45) is 3.34. The van der Waals surface area contributed by atoms with Crippen LogP contribution >= 0.6 is 24.0 Å². The fraction of sp³-hybridized carbons (Fsp3) is 0.550. The van der Waals surface area contributed by atoms with Crippen molar-refractivity contribution in [1.29, 1.82) is 0 Å². The van der Waals surface area contributed by atoms with Gasteiger partial charge >= 0.3 is 0 Å². The highest BCUT2D eigenvalue weighted by Crippen LogP contribution is 2.43. The number of benzene rings is 1. The Morgan fingerprint density at radius 2 is 2.00 bits per heavy atom. The molecule has 6 nitrogen and oxygen atoms in total. The van der Waals surface area contributed by atoms with E-state index >= 15 is 0 Å². The number of aryl methyl sites for hydroxylation is 2. The van der Waals surface area contributed by atoms with Crippen molar-refractivity contribution in [1.82, 2.24) is 25.4 Å². The Labute approximate surface area is 186 Å². The van der Waals surface area contributed by atoms with E-state index in [1.807, 2.05) is 11.6 Å². The molecular formula is C20H27F2IN6. The summed E-state index contributed by atoms with van der Waals surface area (Å²) in [4.78, 5) is 9.06. The second-order valence-corrected chi connectivity index (χ2v) is 7.41. The lowest BCUT2D eigenvalue weighted by molar-refractivity contribution is 0.391. The predicted molar refractivity (Wildman–Crippen MR) is 119 cm³/mol. The molecule has 1 saturated carbocycles. The van der Waals surface area contributed by atoms with E-state index in [9.17, 15) is 8.78 Å². The average Bonchev–Trinajstić information content (AvgIpc) is 3.27. The Kier molecular flexibility index (Phi) is 7.07. The number of aromatic nitrogens is 3. The molecule has 2 N–H and O–H groups in total. The van der Waals surface area contributed by atoms with Gasteiger partial charge in [0, 0.05) is 43.0 Å². The van der Waals surface area contributed by atoms with Crippen LogP contribution in [0.5, 0.6) is 0 Å². The fourth-order valence-electron chi connectivity index (χ4n) is 3.83. The highest BCUT2D eigenvalue weighted by atomic mass is 127. The van der Waals surface area contributed by atoms with Crippen molar-refractivity contribution in [2.45, 2.75) is 64.1 Å². The number of halogens is 3. The Morgan fingerprint density at radius 3 is 2.69 bits per heavy atom. The van der Waals surface area contributed by atoms with E-state index in [0.717, 1.165) is 37.5 Å². The van der Waals surface area contributed by atoms with Crippen LogP contribution in [0.25, 0.3) is 0 Å². The van der Waals surface area contributed by atoms with Crippen molar-refractivity contribution < 1.29 is 8.78 Å². The first-order valence-electron chi connectivity index (χ1n) is 10.0. The third-order valence-electron chi connectivity index (χ3n) is 5.36. The molecule has 1 aromatic carbocycles. The summed E-state index contributed by atoms with van der Waals surface area (Å²) in [5.74, 6) is 1.49. The van der Waals surface area contributed by atoms with Crippen molar-refractivity contribution in [3.05, 3.63) is 47.0 Å². The first kappa shape index (κ1) is 21.9. The average molecular weight is 516 g/mol. The van der Waals surface area contributed by atoms with Gasteiger partial charge in [0.05, 0.1) is 6.54 Å². The maximum Gasteiger partial charge on any atom is 0.191 e. The van der Waals surface area contributed by atoms with E-state index in [-0.39, 0.29) is 47.5 Å². The van der Waals surface area contributed by atoms with Crippen LogP contribution in [-0.4, -0.2) is 39.4 Å². The number of aliphatic imine (C=N–C) groups is 1. The monoisotopic (exact) mass is 516 g/mol. The zero-order chi connectivity index (χ0) is 19.7. The van der Waals surface area contributed by atoms with Crippen molar-refractivity contribution in [2.75, 3.05) is 6.54 Å². The van der Waals surface area contributed by atoms with Gasteiger partial charge in [0.1, 0.15) is 17.5 Å². The summed E-state index contributed by atoms with van der Waals surface area (Å²) in [5, 5.41) is 11.3. The normalized spacial score (nSPS) is 23.2. The second kappa shape index (κ2) is 9.36. The fourth-order valence-corrected chi connectivity index (χ4v) is 3.83. The summed E-state index contributed by atoms with van der Waals surface area (Å²) in [5.41, 5.74) is 0.174. The molecule has 0 spiro atoms. The molecule has 1 aliphatic heterocycles. The Hall–Kier alpha value is -1.78. The number of hydrogen-bond donors (Lipinski definition) is 2. The number of guanidine groups is 1. The molecular weight excluding hydrogens is 489 g/mol. The first-order valence-corrected chi connectivity index (χ1v) is 10.0. The third kappa shape index (κ3) is 4.87. The largest absolute Gasteiger partial charge is 0.353 e. The van der Waals surface area contributed by atoms with Gasteiger partial charge < -0.3 is 10.6 Å². The van der Waals surface area contributed by atoms with E-state index in [1.165, 1.54) is 18.2 Å². The molecule has 1 aliphatic carbocycles. The van der Waals surface area contributed by atoms with Crippen LogP contribution in [-0.2, 0) is 19.4 Å². The van der Waals surface area contributed by atoms with E-state index in [1.54, 1.807) is 0 Å². The molecule has 158 valence electrons. The van der Waals surface area contributed by atoms with Crippen LogP contribution in [0.15, 0.2) is 23.2 Å². The maximum atomic E-state index is 14.0. The van der Waals surface area contributed by atoms with E-state index in [4.69, 9.17) is 0 Å². The quantitative estimate of drug-likeness (QED) is 0.364. The lowest BCUT2D eigenvalue weighted by Crippen LogP contribution is -2.48. The Balaban J connectivity index is 0.00000240. The second-order valence-electron chi connectivity index (χ2n) is 7.41. The summed E-state index contributed by atoms with van der Waals surface area (Å²) in [7, 11) is 0. The number of nitrogens with one attached hydrogen (secondary N) is 2. The van der Waals surface area contributed by atoms with Gasteiger partial charge in [-0.15, -0.1) is 24.0 Å². The molecule has 3 unspecified atom stereocenters. The molecule has 3 atom stereocenters. The SMILES string of the molecule is CCN=C(NC1CCc2nc(CC)nn2C1)NC1CC1c1c(F)cccc1F.I. The molecule has 1 fully saturated rings. The van der Waals surface area contributed by atoms with Gasteiger partial charge in [0.25, 0.3) is 0 Å². The van der Waals surface area contributed by atoms with Gasteiger partial charge in [-0.3, -0.25) is 4.99 Å². The number of nitrogens with zero attached hydrogens (tertiary/aromatic N) is 4. The van der Waals surface area contributed by atoms with Crippen LogP contribution in [0.2, 0.25) is 0 Å². The minimum absolute atomic E-state index is 0. The molecule has 2 aromatic rings. The minimum Gasteiger partial charge on any atom is -0.353 e. The smallest absolute Gasteiger partial charge is 0.191 e. The predicted octanol–water partition coefficient (Wildman–Crippen LogP) is 3.16. The lowest BCUT2D eigenvalue weighted by atomic mass is 10.1. The molecule has 0 saturated heterocycles. The number of fused-ring (bicyclic) bond motifs is 1. The molecule has 0 bridgehead atoms. The van der Waals surface area contributed by atoms with Crippen molar-refractivity contribution in [3.8, 4) is 0 Å². The molecule has 2 heterocycles. The minimum atomic E-state index is -0.478. The van der Waals surface area contributed by atoms with Crippen molar-refractivity contribution >= 4 is 29.9 Å². The summed E-state index contributed by atoms with van der Waals surface area (Å²) < 4.78 is 30.0. The number of rotatable bonds is 5. The van der Waals surface area contributed by atoms with E-state index in [2.05, 4.69) is 32.6 Å². The van der Waals surface area contributed by atoms with Crippen LogP contribution in [0.1, 0.15) is 49.8 Å². The van der Waals surface area contributed by atoms with Gasteiger partial charge in [0.15, 0.2) is 11.8 Å². The zero-order valence-corrected chi connectivity index (χ0v) is 19.0. The highest BCUT2D eigenvalue weighted by molar-refractivity contribution is 14.0. The zero-order valence-electron chi connectivity index (χ0n) is 16.7. The standard InChI is InChI=1S/C20H26F2N6.HI/c1-3-17-26-18-9-8-12(11-28(18)27-17)24-20(23-4-2)25-16-10-13(16)19-14(21)6-5-7-15(19)22;/h5-7,12-13,16H,3-4,8-11H2,1-2H3,(H2,23,24,25);1H. The molecule has 4 rings (SSSR count). The molecule has 29 heavy (non-hydrogen) atoms. The molecule has 1 aromatic heterocycles. The van der Waals surface area contributed by atoms with Gasteiger partial charge in [0.2, 0.25) is 0 Å². The van der Waals surface area contributed by atoms with E-state index in [0.29, 0.717) is 18.9 Å². The maximum absolute atomic E-state index is 14.0. The van der Waals surface area contributed by atoms with Gasteiger partial charge in [-0.05, 0) is 31.9 Å². The van der Waals surface area contributed by atoms with Crippen LogP contribution in [0.3, 0.4) is 0 Å². The van der Waals surface area contributed by atoms with Crippen LogP contribution in [0.4, 0.5) is 8.78 Å². The molecule has 0 amide bonds. The summed E-state index contributed by atoms with van der Waals surface area (Å²) >= 11 is 0. The first-order chi connectivity index (χ1) is 13.6. The van der Waals surface area contributed by atoms with Gasteiger partial charge in [-0.2, -0.15) is 5.10 Å². The van der Waals surface area contributed by atoms with Crippen LogP contribution in [0, 0.1) is 11.6 Å². The highest BCUT2D eigenvalue weighted by Gasteiger charge is 2.42. The lowest BCUT2D eigenvalue weighted by Gasteiger charge is -2.25. The summed E-state index contributed by atoms with van der Waals surface area (Å²) in [6, 6.07) is 4.21. The molecule has 0 radical (unpaired) electrons. The van der Waals surface area contributed by atoms with Crippen LogP contribution < -0.4 is 10.6 Å². The Morgan fingerprint density at radius 1 is 1.24 bits per heavy atom. The number of hydrogen-bond acceptors (Lipinski definition) is 3. The van der Waals surface area contributed by atoms with E-state index < -0.39 is 11.6 Å². The van der Waals surface area contributed by atoms with Crippen molar-refractivity contribution in [3.63, 3.8) is 0 Å². The third-order valence-corrected chi connectivity index (χ3v) is 5.36. The molecule has 2 aliphatic rings. The van der Waals surface area contributed by atoms with Gasteiger partial charge in [-0.25, -0.2) is 18.4 Å². The topological polar surface area (TPSA) is 67.1 Å². The molecule has 9 heteroatoms. The Bertz CT molecular complexity index is 864. The van der Waals surface area contributed by atoms with Crippen molar-refractivity contribution in [2.24, 2.45) is 4.99 Å². The van der Waals surface area contributed by atoms with Gasteiger partial charge in [-0.1, -0.05) is 13.0 Å².